The third-order valence-corrected chi connectivity index (χ3v) is 10.7. The van der Waals surface area contributed by atoms with Crippen molar-refractivity contribution in [2.45, 2.75) is 45.3 Å². The summed E-state index contributed by atoms with van der Waals surface area (Å²) in [6, 6.07) is 13.1. The molecule has 0 fully saturated rings. The van der Waals surface area contributed by atoms with Crippen LogP contribution < -0.4 is 24.8 Å². The van der Waals surface area contributed by atoms with Crippen molar-refractivity contribution in [1.82, 2.24) is 0 Å². The monoisotopic (exact) mass is 509 g/mol. The van der Waals surface area contributed by atoms with Gasteiger partial charge in [-0.25, -0.2) is 0 Å². The Morgan fingerprint density at radius 2 is 1.74 bits per heavy atom. The Morgan fingerprint density at radius 1 is 1.07 bits per heavy atom. The van der Waals surface area contributed by atoms with Gasteiger partial charge in [0, 0.05) is 5.54 Å². The number of fused-ring (bicyclic) bond motifs is 1. The molecular weight excluding hydrogens is 487 g/mol. The van der Waals surface area contributed by atoms with E-state index >= 15 is 0 Å². The summed E-state index contributed by atoms with van der Waals surface area (Å²) in [6.07, 6.45) is 0. The van der Waals surface area contributed by atoms with Crippen LogP contribution in [0.4, 0.5) is 0 Å². The number of rotatable bonds is 1. The van der Waals surface area contributed by atoms with E-state index in [0.29, 0.717) is 5.92 Å². The Bertz CT molecular complexity index is 919. The molecule has 27 heavy (non-hydrogen) atoms. The van der Waals surface area contributed by atoms with Gasteiger partial charge in [-0.1, -0.05) is 43.8 Å². The standard InChI is InChI=1S/C12H13.C10H12SSi.2ClH.Zr/c1-9(2)12-7-10-5-3-4-6-11(10)8-12;1-6-9-7-4-11-5-8(7)10(6)12(9,2)3;;;/h3-9H,1-2H3;4-5,9H,1-3H3;2*1H;/q-1;;;;+3/p-2. The molecule has 1 unspecified atom stereocenters. The normalized spacial score (nSPS) is 17.8. The first kappa shape index (κ1) is 25.0. The van der Waals surface area contributed by atoms with Crippen LogP contribution in [0.25, 0.3) is 16.0 Å². The fraction of sp³-hybridized carbons (Fsp3) is 0.318. The van der Waals surface area contributed by atoms with E-state index < -0.39 is 8.07 Å². The van der Waals surface area contributed by atoms with E-state index in [1.54, 1.807) is 21.9 Å². The third-order valence-electron chi connectivity index (χ3n) is 5.77. The molecule has 2 aromatic carbocycles. The Balaban J connectivity index is 0.000000243. The van der Waals surface area contributed by atoms with Crippen LogP contribution >= 0.6 is 11.3 Å². The molecule has 2 bridgehead atoms. The first-order valence-corrected chi connectivity index (χ1v) is 12.9. The van der Waals surface area contributed by atoms with Gasteiger partial charge in [0.1, 0.15) is 0 Å². The molecule has 0 amide bonds. The topological polar surface area (TPSA) is 0 Å². The molecule has 0 nitrogen and oxygen atoms in total. The maximum atomic E-state index is 2.50. The van der Waals surface area contributed by atoms with E-state index in [0.717, 1.165) is 5.54 Å². The summed E-state index contributed by atoms with van der Waals surface area (Å²) in [5.74, 6) is 0.636. The molecule has 2 aliphatic heterocycles. The second-order valence-electron chi connectivity index (χ2n) is 8.03. The molecule has 0 spiro atoms. The van der Waals surface area contributed by atoms with E-state index in [2.05, 4.69) is 81.0 Å². The number of hydrogen-bond donors (Lipinski definition) is 0. The van der Waals surface area contributed by atoms with Crippen LogP contribution in [0.3, 0.4) is 0 Å². The zero-order valence-electron chi connectivity index (χ0n) is 16.4. The Labute approximate surface area is 199 Å². The summed E-state index contributed by atoms with van der Waals surface area (Å²) in [7, 11) is -0.976. The number of halogens is 2. The van der Waals surface area contributed by atoms with Crippen molar-refractivity contribution < 1.29 is 51.0 Å². The largest absolute Gasteiger partial charge is 3.00 e. The van der Waals surface area contributed by atoms with Gasteiger partial charge in [0.05, 0.1) is 8.07 Å². The zero-order valence-corrected chi connectivity index (χ0v) is 22.2. The van der Waals surface area contributed by atoms with Gasteiger partial charge in [-0.15, -0.1) is 40.6 Å². The minimum Gasteiger partial charge on any atom is -1.00 e. The summed E-state index contributed by atoms with van der Waals surface area (Å²) >= 11 is 1.87. The second-order valence-corrected chi connectivity index (χ2v) is 13.3. The molecule has 5 heteroatoms. The molecule has 3 aliphatic rings. The molecule has 1 atom stereocenters. The minimum atomic E-state index is -0.976. The molecule has 1 aromatic heterocycles. The molecule has 1 aliphatic carbocycles. The van der Waals surface area contributed by atoms with Crippen LogP contribution in [0.1, 0.15) is 48.9 Å². The second kappa shape index (κ2) is 9.18. The third kappa shape index (κ3) is 4.01. The van der Waals surface area contributed by atoms with Crippen LogP contribution in [-0.4, -0.2) is 8.07 Å². The smallest absolute Gasteiger partial charge is 1.00 e. The van der Waals surface area contributed by atoms with E-state index in [9.17, 15) is 0 Å². The number of thiophene rings is 1. The molecule has 6 rings (SSSR count). The molecule has 3 aromatic rings. The predicted molar refractivity (Wildman–Crippen MR) is 111 cm³/mol. The summed E-state index contributed by atoms with van der Waals surface area (Å²) < 4.78 is 0. The molecule has 0 saturated carbocycles. The van der Waals surface area contributed by atoms with E-state index in [4.69, 9.17) is 0 Å². The quantitative estimate of drug-likeness (QED) is 0.339. The van der Waals surface area contributed by atoms with Gasteiger partial charge in [0.25, 0.3) is 0 Å². The van der Waals surface area contributed by atoms with Crippen LogP contribution in [0.2, 0.25) is 13.1 Å². The van der Waals surface area contributed by atoms with Crippen LogP contribution in [0.5, 0.6) is 0 Å². The van der Waals surface area contributed by atoms with Gasteiger partial charge < -0.3 is 24.8 Å². The Hall–Kier alpha value is -0.0500. The Kier molecular flexibility index (Phi) is 8.50. The number of allylic oxidation sites excluding steroid dienone is 1. The van der Waals surface area contributed by atoms with E-state index in [1.807, 2.05) is 11.3 Å². The maximum Gasteiger partial charge on any atom is 3.00 e. The number of hydrogen-bond acceptors (Lipinski definition) is 1. The summed E-state index contributed by atoms with van der Waals surface area (Å²) in [6.45, 7) is 11.8. The van der Waals surface area contributed by atoms with Crippen LogP contribution in [0, 0.1) is 0 Å². The van der Waals surface area contributed by atoms with Gasteiger partial charge in [0.2, 0.25) is 0 Å². The minimum absolute atomic E-state index is 0. The molecule has 141 valence electrons. The predicted octanol–water partition coefficient (Wildman–Crippen LogP) is 1.11. The summed E-state index contributed by atoms with van der Waals surface area (Å²) in [5, 5.41) is 9.19. The molecule has 1 radical (unpaired) electrons. The van der Waals surface area contributed by atoms with Crippen molar-refractivity contribution in [3.05, 3.63) is 69.4 Å². The van der Waals surface area contributed by atoms with Crippen molar-refractivity contribution in [2.75, 3.05) is 0 Å². The Morgan fingerprint density at radius 3 is 2.30 bits per heavy atom. The van der Waals surface area contributed by atoms with E-state index in [1.165, 1.54) is 16.3 Å². The molecule has 0 N–H and O–H groups in total. The average molecular weight is 512 g/mol. The van der Waals surface area contributed by atoms with Crippen molar-refractivity contribution in [3.63, 3.8) is 0 Å². The van der Waals surface area contributed by atoms with Crippen LogP contribution in [-0.2, 0) is 26.2 Å². The number of benzene rings is 1. The first-order chi connectivity index (χ1) is 11.4. The average Bonchev–Trinajstić information content (AvgIpc) is 3.22. The van der Waals surface area contributed by atoms with Gasteiger partial charge in [-0.3, -0.25) is 0 Å². The summed E-state index contributed by atoms with van der Waals surface area (Å²) in [5.41, 5.74) is 7.28. The zero-order chi connectivity index (χ0) is 17.1. The van der Waals surface area contributed by atoms with Gasteiger partial charge in [-0.2, -0.15) is 17.4 Å². The first-order valence-electron chi connectivity index (χ1n) is 8.84. The van der Waals surface area contributed by atoms with E-state index in [-0.39, 0.29) is 51.0 Å². The van der Waals surface area contributed by atoms with Crippen molar-refractivity contribution in [1.29, 1.82) is 0 Å². The maximum absolute atomic E-state index is 2.50. The fourth-order valence-electron chi connectivity index (χ4n) is 4.68. The molecule has 0 saturated heterocycles. The molecular formula is C22H25Cl2SSiZr. The summed E-state index contributed by atoms with van der Waals surface area (Å²) in [4.78, 5) is 0. The van der Waals surface area contributed by atoms with Gasteiger partial charge >= 0.3 is 26.2 Å². The van der Waals surface area contributed by atoms with Crippen LogP contribution in [0.15, 0.2) is 52.7 Å². The molecule has 3 heterocycles. The van der Waals surface area contributed by atoms with Gasteiger partial charge in [-0.05, 0) is 34.7 Å². The van der Waals surface area contributed by atoms with Crippen molar-refractivity contribution in [3.8, 4) is 0 Å². The SMILES string of the molecule is CC(C)c1cc2ccccc2[cH-]1.CC1=C2c3cscc3C1[Si]2(C)C.[Cl-].[Cl-].[Zr+3]. The van der Waals surface area contributed by atoms with Gasteiger partial charge in [0.15, 0.2) is 0 Å². The van der Waals surface area contributed by atoms with Crippen molar-refractivity contribution >= 4 is 35.4 Å². The van der Waals surface area contributed by atoms with Crippen molar-refractivity contribution in [2.24, 2.45) is 0 Å². The fourth-order valence-corrected chi connectivity index (χ4v) is 10.2.